The number of hydrogen-bond acceptors (Lipinski definition) is 9. The van der Waals surface area contributed by atoms with Crippen molar-refractivity contribution in [3.8, 4) is 0 Å². The SMILES string of the molecule is CCOC(=O)CCOCCSc1ccc2c3c(cccc13)C(=O)N(OS(=O)(=O)C(F)(F)F)C2=O. The van der Waals surface area contributed by atoms with Crippen LogP contribution in [0.4, 0.5) is 13.2 Å². The third kappa shape index (κ3) is 5.35. The van der Waals surface area contributed by atoms with Gasteiger partial charge in [0.25, 0.3) is 11.8 Å². The van der Waals surface area contributed by atoms with Gasteiger partial charge in [0.2, 0.25) is 0 Å². The zero-order valence-electron chi connectivity index (χ0n) is 17.6. The first kappa shape index (κ1) is 25.9. The maximum absolute atomic E-state index is 12.7. The number of carbonyl (C=O) groups excluding carboxylic acids is 3. The van der Waals surface area contributed by atoms with E-state index in [0.717, 1.165) is 0 Å². The molecule has 0 aromatic heterocycles. The highest BCUT2D eigenvalue weighted by atomic mass is 32.2. The Labute approximate surface area is 196 Å². The van der Waals surface area contributed by atoms with Crippen LogP contribution in [0.15, 0.2) is 35.2 Å². The van der Waals surface area contributed by atoms with Crippen LogP contribution in [0.3, 0.4) is 0 Å². The van der Waals surface area contributed by atoms with E-state index in [4.69, 9.17) is 9.47 Å². The molecule has 0 saturated heterocycles. The van der Waals surface area contributed by atoms with Crippen LogP contribution in [0.1, 0.15) is 34.1 Å². The number of ether oxygens (including phenoxy) is 2. The smallest absolute Gasteiger partial charge is 0.466 e. The van der Waals surface area contributed by atoms with Crippen molar-refractivity contribution in [2.75, 3.05) is 25.6 Å². The van der Waals surface area contributed by atoms with E-state index in [1.54, 1.807) is 13.0 Å². The Hall–Kier alpha value is -2.68. The average Bonchev–Trinajstić information content (AvgIpc) is 2.77. The van der Waals surface area contributed by atoms with Crippen molar-refractivity contribution in [3.63, 3.8) is 0 Å². The van der Waals surface area contributed by atoms with Gasteiger partial charge in [-0.3, -0.25) is 14.4 Å². The Bertz CT molecular complexity index is 1210. The molecule has 0 aliphatic carbocycles. The third-order valence-corrected chi connectivity index (χ3v) is 6.48. The molecule has 14 heteroatoms. The molecule has 0 unspecified atom stereocenters. The molecule has 0 spiro atoms. The molecule has 0 saturated carbocycles. The maximum atomic E-state index is 12.7. The second kappa shape index (κ2) is 10.3. The molecule has 34 heavy (non-hydrogen) atoms. The molecule has 3 rings (SSSR count). The van der Waals surface area contributed by atoms with Gasteiger partial charge in [-0.15, -0.1) is 21.1 Å². The van der Waals surface area contributed by atoms with Gasteiger partial charge in [0, 0.05) is 16.0 Å². The van der Waals surface area contributed by atoms with E-state index < -0.39 is 32.5 Å². The highest BCUT2D eigenvalue weighted by molar-refractivity contribution is 7.99. The van der Waals surface area contributed by atoms with Crippen LogP contribution in [0.5, 0.6) is 0 Å². The molecule has 184 valence electrons. The molecule has 1 aliphatic heterocycles. The summed E-state index contributed by atoms with van der Waals surface area (Å²) < 4.78 is 74.8. The van der Waals surface area contributed by atoms with Gasteiger partial charge < -0.3 is 9.47 Å². The summed E-state index contributed by atoms with van der Waals surface area (Å²) in [6.45, 7) is 2.46. The minimum absolute atomic E-state index is 0.117. The number of hydrogen-bond donors (Lipinski definition) is 0. The topological polar surface area (TPSA) is 116 Å². The van der Waals surface area contributed by atoms with Crippen LogP contribution in [0.2, 0.25) is 0 Å². The van der Waals surface area contributed by atoms with Crippen LogP contribution in [-0.4, -0.2) is 62.3 Å². The van der Waals surface area contributed by atoms with Crippen molar-refractivity contribution in [3.05, 3.63) is 41.5 Å². The molecule has 2 aromatic carbocycles. The maximum Gasteiger partial charge on any atom is 0.525 e. The summed E-state index contributed by atoms with van der Waals surface area (Å²) in [5.74, 6) is -2.57. The Morgan fingerprint density at radius 3 is 2.38 bits per heavy atom. The van der Waals surface area contributed by atoms with E-state index in [0.29, 0.717) is 22.6 Å². The Morgan fingerprint density at radius 2 is 1.74 bits per heavy atom. The largest absolute Gasteiger partial charge is 0.525 e. The summed E-state index contributed by atoms with van der Waals surface area (Å²) in [6, 6.07) is 7.13. The van der Waals surface area contributed by atoms with Crippen LogP contribution >= 0.6 is 11.8 Å². The molecule has 2 amide bonds. The summed E-state index contributed by atoms with van der Waals surface area (Å²) in [5, 5.41) is 0.256. The zero-order valence-corrected chi connectivity index (χ0v) is 19.2. The van der Waals surface area contributed by atoms with E-state index in [9.17, 15) is 36.0 Å². The van der Waals surface area contributed by atoms with Gasteiger partial charge in [-0.25, -0.2) is 0 Å². The monoisotopic (exact) mass is 521 g/mol. The van der Waals surface area contributed by atoms with E-state index in [1.165, 1.54) is 36.0 Å². The Morgan fingerprint density at radius 1 is 1.06 bits per heavy atom. The lowest BCUT2D eigenvalue weighted by Crippen LogP contribution is -2.44. The molecule has 0 atom stereocenters. The fourth-order valence-corrected chi connectivity index (χ4v) is 4.41. The first-order valence-corrected chi connectivity index (χ1v) is 12.2. The van der Waals surface area contributed by atoms with Crippen molar-refractivity contribution in [1.29, 1.82) is 0 Å². The summed E-state index contributed by atoms with van der Waals surface area (Å²) in [7, 11) is -6.23. The van der Waals surface area contributed by atoms with Crippen molar-refractivity contribution >= 4 is 50.4 Å². The van der Waals surface area contributed by atoms with Gasteiger partial charge in [0.05, 0.1) is 37.4 Å². The summed E-state index contributed by atoms with van der Waals surface area (Å²) >= 11 is 1.33. The van der Waals surface area contributed by atoms with Gasteiger partial charge in [-0.05, 0) is 30.5 Å². The van der Waals surface area contributed by atoms with Gasteiger partial charge >= 0.3 is 21.6 Å². The normalized spacial score (nSPS) is 14.1. The number of hydroxylamine groups is 2. The van der Waals surface area contributed by atoms with Crippen molar-refractivity contribution in [2.24, 2.45) is 0 Å². The van der Waals surface area contributed by atoms with Crippen molar-refractivity contribution in [1.82, 2.24) is 5.06 Å². The number of esters is 1. The average molecular weight is 521 g/mol. The summed E-state index contributed by atoms with van der Waals surface area (Å²) in [5.41, 5.74) is -6.19. The number of rotatable bonds is 10. The molecule has 1 aliphatic rings. The van der Waals surface area contributed by atoms with Gasteiger partial charge in [-0.2, -0.15) is 21.6 Å². The first-order chi connectivity index (χ1) is 16.0. The van der Waals surface area contributed by atoms with Crippen LogP contribution in [-0.2, 0) is 28.7 Å². The Balaban J connectivity index is 1.77. The minimum atomic E-state index is -6.23. The van der Waals surface area contributed by atoms with E-state index in [-0.39, 0.29) is 42.1 Å². The number of nitrogens with zero attached hydrogens (tertiary/aromatic N) is 1. The molecular formula is C20H18F3NO8S2. The molecule has 0 N–H and O–H groups in total. The molecule has 2 aromatic rings. The number of carbonyl (C=O) groups is 3. The molecular weight excluding hydrogens is 503 g/mol. The van der Waals surface area contributed by atoms with Gasteiger partial charge in [0.15, 0.2) is 0 Å². The fourth-order valence-electron chi connectivity index (χ4n) is 3.08. The summed E-state index contributed by atoms with van der Waals surface area (Å²) in [4.78, 5) is 37.2. The summed E-state index contributed by atoms with van der Waals surface area (Å²) in [6.07, 6.45) is 0.117. The number of imide groups is 1. The molecule has 0 radical (unpaired) electrons. The van der Waals surface area contributed by atoms with Gasteiger partial charge in [-0.1, -0.05) is 12.1 Å². The van der Waals surface area contributed by atoms with Crippen molar-refractivity contribution in [2.45, 2.75) is 23.7 Å². The first-order valence-electron chi connectivity index (χ1n) is 9.79. The van der Waals surface area contributed by atoms with E-state index in [1.807, 2.05) is 0 Å². The highest BCUT2D eigenvalue weighted by Gasteiger charge is 2.51. The van der Waals surface area contributed by atoms with Crippen molar-refractivity contribution < 1.29 is 49.7 Å². The molecule has 1 heterocycles. The quantitative estimate of drug-likeness (QED) is 0.153. The second-order valence-electron chi connectivity index (χ2n) is 6.73. The lowest BCUT2D eigenvalue weighted by atomic mass is 9.95. The molecule has 0 fully saturated rings. The minimum Gasteiger partial charge on any atom is -0.466 e. The van der Waals surface area contributed by atoms with E-state index in [2.05, 4.69) is 4.28 Å². The molecule has 0 bridgehead atoms. The predicted octanol–water partition coefficient (Wildman–Crippen LogP) is 3.28. The molecule has 9 nitrogen and oxygen atoms in total. The van der Waals surface area contributed by atoms with E-state index >= 15 is 0 Å². The number of halogens is 3. The third-order valence-electron chi connectivity index (χ3n) is 4.53. The second-order valence-corrected chi connectivity index (χ2v) is 9.39. The van der Waals surface area contributed by atoms with Crippen LogP contribution in [0, 0.1) is 0 Å². The fraction of sp³-hybridized carbons (Fsp3) is 0.350. The Kier molecular flexibility index (Phi) is 7.85. The number of thioether (sulfide) groups is 1. The highest BCUT2D eigenvalue weighted by Crippen LogP contribution is 2.37. The standard InChI is InChI=1S/C20H18F3NO8S2/c1-2-31-16(25)8-9-30-10-11-33-15-7-6-14-17-12(15)4-3-5-13(17)18(26)24(19(14)27)32-34(28,29)20(21,22)23/h3-7H,2,8-11H2,1H3. The predicted molar refractivity (Wildman–Crippen MR) is 113 cm³/mol. The lowest BCUT2D eigenvalue weighted by molar-refractivity contribution is -0.144. The number of benzene rings is 2. The number of alkyl halides is 3. The van der Waals surface area contributed by atoms with Crippen LogP contribution < -0.4 is 0 Å². The van der Waals surface area contributed by atoms with Crippen LogP contribution in [0.25, 0.3) is 10.8 Å². The zero-order chi connectivity index (χ0) is 25.1. The van der Waals surface area contributed by atoms with Gasteiger partial charge in [0.1, 0.15) is 0 Å². The lowest BCUT2D eigenvalue weighted by Gasteiger charge is -2.26. The number of amides is 2.